The van der Waals surface area contributed by atoms with Crippen LogP contribution >= 0.6 is 0 Å². The number of furan rings is 1. The second kappa shape index (κ2) is 4.33. The molecule has 0 saturated carbocycles. The molecule has 2 aromatic rings. The number of aryl methyl sites for hydroxylation is 2. The van der Waals surface area contributed by atoms with Crippen molar-refractivity contribution in [3.8, 4) is 0 Å². The van der Waals surface area contributed by atoms with Crippen molar-refractivity contribution in [1.29, 1.82) is 0 Å². The van der Waals surface area contributed by atoms with Crippen LogP contribution < -0.4 is 5.32 Å². The van der Waals surface area contributed by atoms with E-state index in [0.29, 0.717) is 12.1 Å². The average molecular weight is 245 g/mol. The van der Waals surface area contributed by atoms with E-state index < -0.39 is 0 Å². The Morgan fingerprint density at radius 3 is 3.11 bits per heavy atom. The number of hydrogen-bond acceptors (Lipinski definition) is 3. The number of carbonyl (C=O) groups excluding carboxylic acids is 1. The molecule has 18 heavy (non-hydrogen) atoms. The van der Waals surface area contributed by atoms with Gasteiger partial charge >= 0.3 is 0 Å². The van der Waals surface area contributed by atoms with Gasteiger partial charge in [-0.3, -0.25) is 4.79 Å². The van der Waals surface area contributed by atoms with Crippen LogP contribution in [0.4, 0.5) is 0 Å². The molecule has 3 heterocycles. The summed E-state index contributed by atoms with van der Waals surface area (Å²) in [6.07, 6.45) is 2.40. The number of nitrogens with one attached hydrogen (secondary N) is 2. The summed E-state index contributed by atoms with van der Waals surface area (Å²) in [7, 11) is 0. The molecular weight excluding hydrogens is 230 g/mol. The van der Waals surface area contributed by atoms with Crippen molar-refractivity contribution in [1.82, 2.24) is 15.3 Å². The molecular formula is C13H15N3O2. The van der Waals surface area contributed by atoms with Crippen molar-refractivity contribution in [3.05, 3.63) is 40.9 Å². The van der Waals surface area contributed by atoms with Crippen LogP contribution in [0.25, 0.3) is 0 Å². The van der Waals surface area contributed by atoms with E-state index in [0.717, 1.165) is 42.4 Å². The van der Waals surface area contributed by atoms with E-state index in [1.807, 2.05) is 19.1 Å². The lowest BCUT2D eigenvalue weighted by atomic mass is 10.2. The first-order valence-electron chi connectivity index (χ1n) is 6.13. The maximum absolute atomic E-state index is 11.8. The predicted molar refractivity (Wildman–Crippen MR) is 65.5 cm³/mol. The van der Waals surface area contributed by atoms with Crippen LogP contribution in [0, 0.1) is 6.92 Å². The minimum atomic E-state index is -0.0828. The standard InChI is InChI=1S/C13H15N3O2/c1-8-4-5-9(18-8)7-11-15-10-3-2-6-14-13(17)12(10)16-11/h4-5H,2-3,6-7H2,1H3,(H,14,17)(H,15,16). The molecule has 94 valence electrons. The molecule has 0 atom stereocenters. The first kappa shape index (κ1) is 11.1. The molecule has 1 aliphatic heterocycles. The van der Waals surface area contributed by atoms with Crippen molar-refractivity contribution >= 4 is 5.91 Å². The highest BCUT2D eigenvalue weighted by Crippen LogP contribution is 2.15. The van der Waals surface area contributed by atoms with Gasteiger partial charge in [-0.2, -0.15) is 0 Å². The fourth-order valence-electron chi connectivity index (χ4n) is 2.21. The lowest BCUT2D eigenvalue weighted by Crippen LogP contribution is -2.23. The molecule has 0 bridgehead atoms. The van der Waals surface area contributed by atoms with E-state index >= 15 is 0 Å². The fraction of sp³-hybridized carbons (Fsp3) is 0.385. The molecule has 5 nitrogen and oxygen atoms in total. The number of rotatable bonds is 2. The van der Waals surface area contributed by atoms with Crippen LogP contribution in [0.5, 0.6) is 0 Å². The Kier molecular flexibility index (Phi) is 2.66. The molecule has 3 rings (SSSR count). The van der Waals surface area contributed by atoms with Gasteiger partial charge in [0, 0.05) is 12.2 Å². The van der Waals surface area contributed by atoms with Crippen molar-refractivity contribution in [3.63, 3.8) is 0 Å². The third-order valence-electron chi connectivity index (χ3n) is 3.07. The predicted octanol–water partition coefficient (Wildman–Crippen LogP) is 1.58. The van der Waals surface area contributed by atoms with Gasteiger partial charge in [0.05, 0.1) is 6.42 Å². The summed E-state index contributed by atoms with van der Waals surface area (Å²) in [6, 6.07) is 3.86. The molecule has 0 unspecified atom stereocenters. The lowest BCUT2D eigenvalue weighted by Gasteiger charge is -1.96. The van der Waals surface area contributed by atoms with Gasteiger partial charge in [-0.05, 0) is 31.9 Å². The van der Waals surface area contributed by atoms with Crippen LogP contribution in [0.1, 0.15) is 39.9 Å². The fourth-order valence-corrected chi connectivity index (χ4v) is 2.21. The Labute approximate surface area is 105 Å². The Morgan fingerprint density at radius 1 is 1.44 bits per heavy atom. The number of fused-ring (bicyclic) bond motifs is 1. The second-order valence-corrected chi connectivity index (χ2v) is 4.56. The van der Waals surface area contributed by atoms with Gasteiger partial charge in [0.2, 0.25) is 0 Å². The molecule has 0 spiro atoms. The monoisotopic (exact) mass is 245 g/mol. The summed E-state index contributed by atoms with van der Waals surface area (Å²) in [4.78, 5) is 19.4. The van der Waals surface area contributed by atoms with Gasteiger partial charge in [-0.15, -0.1) is 0 Å². The molecule has 5 heteroatoms. The van der Waals surface area contributed by atoms with Gasteiger partial charge < -0.3 is 14.7 Å². The van der Waals surface area contributed by atoms with Crippen molar-refractivity contribution in [2.24, 2.45) is 0 Å². The summed E-state index contributed by atoms with van der Waals surface area (Å²) >= 11 is 0. The normalized spacial score (nSPS) is 15.1. The zero-order chi connectivity index (χ0) is 12.5. The molecule has 0 aromatic carbocycles. The number of aromatic amines is 1. The maximum atomic E-state index is 11.8. The summed E-state index contributed by atoms with van der Waals surface area (Å²) in [5.74, 6) is 2.44. The Balaban J connectivity index is 1.86. The number of nitrogens with zero attached hydrogens (tertiary/aromatic N) is 1. The molecule has 0 fully saturated rings. The Bertz CT molecular complexity index is 583. The lowest BCUT2D eigenvalue weighted by molar-refractivity contribution is 0.0951. The van der Waals surface area contributed by atoms with Gasteiger partial charge in [0.1, 0.15) is 23.0 Å². The Morgan fingerprint density at radius 2 is 2.33 bits per heavy atom. The van der Waals surface area contributed by atoms with E-state index in [-0.39, 0.29) is 5.91 Å². The number of aromatic nitrogens is 2. The third kappa shape index (κ3) is 2.03. The minimum Gasteiger partial charge on any atom is -0.466 e. The van der Waals surface area contributed by atoms with Gasteiger partial charge in [0.25, 0.3) is 5.91 Å². The van der Waals surface area contributed by atoms with E-state index in [1.54, 1.807) is 0 Å². The number of carbonyl (C=O) groups is 1. The van der Waals surface area contributed by atoms with E-state index in [9.17, 15) is 4.79 Å². The topological polar surface area (TPSA) is 70.9 Å². The average Bonchev–Trinajstić information content (AvgIpc) is 2.88. The quantitative estimate of drug-likeness (QED) is 0.843. The highest BCUT2D eigenvalue weighted by atomic mass is 16.3. The van der Waals surface area contributed by atoms with Crippen LogP contribution in [0.15, 0.2) is 16.5 Å². The first-order valence-corrected chi connectivity index (χ1v) is 6.13. The van der Waals surface area contributed by atoms with Crippen molar-refractivity contribution in [2.75, 3.05) is 6.54 Å². The van der Waals surface area contributed by atoms with E-state index in [2.05, 4.69) is 15.3 Å². The van der Waals surface area contributed by atoms with E-state index in [4.69, 9.17) is 4.42 Å². The zero-order valence-corrected chi connectivity index (χ0v) is 10.2. The zero-order valence-electron chi connectivity index (χ0n) is 10.2. The maximum Gasteiger partial charge on any atom is 0.271 e. The van der Waals surface area contributed by atoms with Crippen LogP contribution in [0.3, 0.4) is 0 Å². The number of imidazole rings is 1. The third-order valence-corrected chi connectivity index (χ3v) is 3.07. The summed E-state index contributed by atoms with van der Waals surface area (Å²) in [6.45, 7) is 2.63. The minimum absolute atomic E-state index is 0.0828. The second-order valence-electron chi connectivity index (χ2n) is 4.56. The number of H-pyrrole nitrogens is 1. The van der Waals surface area contributed by atoms with Gasteiger partial charge in [-0.25, -0.2) is 4.98 Å². The van der Waals surface area contributed by atoms with Gasteiger partial charge in [-0.1, -0.05) is 0 Å². The van der Waals surface area contributed by atoms with Gasteiger partial charge in [0.15, 0.2) is 0 Å². The molecule has 0 aliphatic carbocycles. The van der Waals surface area contributed by atoms with Crippen LogP contribution in [-0.4, -0.2) is 22.4 Å². The summed E-state index contributed by atoms with van der Waals surface area (Å²) in [5.41, 5.74) is 1.47. The number of amides is 1. The highest BCUT2D eigenvalue weighted by Gasteiger charge is 2.20. The smallest absolute Gasteiger partial charge is 0.271 e. The van der Waals surface area contributed by atoms with Crippen LogP contribution in [0.2, 0.25) is 0 Å². The van der Waals surface area contributed by atoms with Crippen molar-refractivity contribution in [2.45, 2.75) is 26.2 Å². The van der Waals surface area contributed by atoms with E-state index in [1.165, 1.54) is 0 Å². The molecule has 2 aromatic heterocycles. The Hall–Kier alpha value is -2.04. The van der Waals surface area contributed by atoms with Crippen LogP contribution in [-0.2, 0) is 12.8 Å². The largest absolute Gasteiger partial charge is 0.466 e. The SMILES string of the molecule is Cc1ccc(Cc2nc3c([nH]2)CCCNC3=O)o1. The van der Waals surface area contributed by atoms with Crippen molar-refractivity contribution < 1.29 is 9.21 Å². The molecule has 2 N–H and O–H groups in total. The summed E-state index contributed by atoms with van der Waals surface area (Å²) < 4.78 is 5.51. The highest BCUT2D eigenvalue weighted by molar-refractivity contribution is 5.93. The number of hydrogen-bond donors (Lipinski definition) is 2. The molecule has 1 amide bonds. The first-order chi connectivity index (χ1) is 8.72. The molecule has 1 aliphatic rings. The molecule has 0 radical (unpaired) electrons. The summed E-state index contributed by atoms with van der Waals surface area (Å²) in [5, 5.41) is 2.84. The molecule has 0 saturated heterocycles.